The molecule has 166 valence electrons. The van der Waals surface area contributed by atoms with Gasteiger partial charge >= 0.3 is 0 Å². The Morgan fingerprint density at radius 2 is 1.52 bits per heavy atom. The van der Waals surface area contributed by atoms with E-state index in [0.717, 1.165) is 0 Å². The molecule has 0 radical (unpaired) electrons. The molecule has 0 aliphatic heterocycles. The molecule has 0 fully saturated rings. The van der Waals surface area contributed by atoms with E-state index in [0.29, 0.717) is 0 Å². The van der Waals surface area contributed by atoms with Crippen LogP contribution in [-0.4, -0.2) is 12.5 Å². The van der Waals surface area contributed by atoms with Crippen LogP contribution in [0.5, 0.6) is 0 Å². The molecule has 3 aromatic carbocycles. The molecule has 0 atom stereocenters. The average molecular weight is 450 g/mol. The minimum atomic E-state index is -1.47. The monoisotopic (exact) mass is 449 g/mol. The first-order chi connectivity index (χ1) is 16.0. The summed E-state index contributed by atoms with van der Waals surface area (Å²) in [6.45, 7) is 11.7. The summed E-state index contributed by atoms with van der Waals surface area (Å²) in [4.78, 5) is 0. The molecule has 0 spiro atoms. The Bertz CT molecular complexity index is 1690. The third-order valence-electron chi connectivity index (χ3n) is 8.71. The molecule has 6 rings (SSSR count). The number of nitrogens with zero attached hydrogens (tertiary/aromatic N) is 2. The fourth-order valence-corrected chi connectivity index (χ4v) is 10.3. The van der Waals surface area contributed by atoms with E-state index in [4.69, 9.17) is 0 Å². The molecule has 6 aromatic rings. The quantitative estimate of drug-likeness (QED) is 0.117. The maximum absolute atomic E-state index is 2.58. The van der Waals surface area contributed by atoms with Gasteiger partial charge in [-0.3, -0.25) is 0 Å². The van der Waals surface area contributed by atoms with Crippen LogP contribution in [-0.2, 0) is 7.05 Å². The average Bonchev–Trinajstić information content (AvgIpc) is 3.16. The largest absolute Gasteiger partial charge is 0.303 e. The van der Waals surface area contributed by atoms with Crippen molar-refractivity contribution in [3.05, 3.63) is 65.9 Å². The third kappa shape index (κ3) is 2.52. The van der Waals surface area contributed by atoms with Gasteiger partial charge in [-0.1, -0.05) is 74.4 Å². The van der Waals surface area contributed by atoms with Crippen LogP contribution in [0.1, 0.15) is 31.9 Å². The van der Waals surface area contributed by atoms with Gasteiger partial charge in [0.15, 0.2) is 6.20 Å². The van der Waals surface area contributed by atoms with Gasteiger partial charge in [-0.2, -0.15) is 4.57 Å². The van der Waals surface area contributed by atoms with Crippen LogP contribution in [0.2, 0.25) is 18.1 Å². The zero-order valence-corrected chi connectivity index (χ0v) is 21.7. The maximum Gasteiger partial charge on any atom is 0.238 e. The molecule has 0 saturated heterocycles. The second kappa shape index (κ2) is 7.04. The predicted molar refractivity (Wildman–Crippen MR) is 146 cm³/mol. The van der Waals surface area contributed by atoms with Gasteiger partial charge in [0, 0.05) is 22.2 Å². The summed E-state index contributed by atoms with van der Waals surface area (Å²) in [5.41, 5.74) is 8.13. The lowest BCUT2D eigenvalue weighted by Crippen LogP contribution is -2.45. The molecule has 2 nitrogen and oxygen atoms in total. The summed E-state index contributed by atoms with van der Waals surface area (Å²) in [5.74, 6) is 0. The fourth-order valence-electron chi connectivity index (χ4n) is 6.68. The lowest BCUT2D eigenvalue weighted by molar-refractivity contribution is -0.644. The van der Waals surface area contributed by atoms with E-state index in [1.807, 2.05) is 0 Å². The van der Waals surface area contributed by atoms with Gasteiger partial charge in [0.25, 0.3) is 0 Å². The van der Waals surface area contributed by atoms with Crippen LogP contribution in [0.4, 0.5) is 0 Å². The van der Waals surface area contributed by atoms with Gasteiger partial charge in [0.05, 0.1) is 24.5 Å². The van der Waals surface area contributed by atoms with Crippen LogP contribution >= 0.6 is 0 Å². The summed E-state index contributed by atoms with van der Waals surface area (Å²) < 4.78 is 4.91. The summed E-state index contributed by atoms with van der Waals surface area (Å²) in [5, 5.41) is 8.52. The Balaban J connectivity index is 1.94. The van der Waals surface area contributed by atoms with Crippen molar-refractivity contribution in [1.82, 2.24) is 4.40 Å². The summed E-state index contributed by atoms with van der Waals surface area (Å²) >= 11 is 0. The number of hydrogen-bond acceptors (Lipinski definition) is 0. The number of aryl methyl sites for hydroxylation is 3. The van der Waals surface area contributed by atoms with Crippen LogP contribution in [0.3, 0.4) is 0 Å². The molecule has 3 aromatic heterocycles. The van der Waals surface area contributed by atoms with E-state index in [-0.39, 0.29) is 0 Å². The van der Waals surface area contributed by atoms with E-state index in [1.54, 1.807) is 5.19 Å². The maximum atomic E-state index is 2.58. The first kappa shape index (κ1) is 20.7. The summed E-state index contributed by atoms with van der Waals surface area (Å²) in [7, 11) is 0.726. The number of pyridine rings is 2. The lowest BCUT2D eigenvalue weighted by atomic mass is 9.95. The molecule has 33 heavy (non-hydrogen) atoms. The van der Waals surface area contributed by atoms with Crippen molar-refractivity contribution in [1.29, 1.82) is 0 Å². The molecule has 0 bridgehead atoms. The van der Waals surface area contributed by atoms with E-state index in [9.17, 15) is 0 Å². The van der Waals surface area contributed by atoms with Crippen molar-refractivity contribution < 1.29 is 4.57 Å². The molecule has 0 saturated carbocycles. The van der Waals surface area contributed by atoms with Crippen LogP contribution in [0.25, 0.3) is 49.0 Å². The molecule has 0 amide bonds. The molecule has 0 aliphatic rings. The Hall–Kier alpha value is -2.91. The van der Waals surface area contributed by atoms with Crippen molar-refractivity contribution in [2.24, 2.45) is 7.05 Å². The first-order valence-corrected chi connectivity index (χ1v) is 15.1. The van der Waals surface area contributed by atoms with E-state index < -0.39 is 8.07 Å². The highest BCUT2D eigenvalue weighted by molar-refractivity contribution is 6.91. The number of aromatic nitrogens is 2. The molecule has 0 N–H and O–H groups in total. The van der Waals surface area contributed by atoms with Crippen LogP contribution in [0, 0.1) is 13.8 Å². The molecular weight excluding hydrogens is 416 g/mol. The summed E-state index contributed by atoms with van der Waals surface area (Å²) in [6.07, 6.45) is 2.25. The minimum absolute atomic E-state index is 1.31. The van der Waals surface area contributed by atoms with Gasteiger partial charge in [0.1, 0.15) is 12.6 Å². The van der Waals surface area contributed by atoms with Crippen molar-refractivity contribution in [2.75, 3.05) is 0 Å². The highest BCUT2D eigenvalue weighted by Gasteiger charge is 2.31. The number of hydrogen-bond donors (Lipinski definition) is 0. The zero-order chi connectivity index (χ0) is 23.1. The Labute approximate surface area is 196 Å². The Morgan fingerprint density at radius 1 is 0.758 bits per heavy atom. The standard InChI is InChI=1S/C30H33N2Si/c1-7-33(8-2,9-3)21-13-14-23-24-15-16-31(6)30-27-20(5)17-19(4)22-11-10-12-25(28(22)27)32(29(24)30)26(23)18-21/h10-18H,7-9H2,1-6H3/q+1. The van der Waals surface area contributed by atoms with Crippen molar-refractivity contribution in [2.45, 2.75) is 52.8 Å². The Morgan fingerprint density at radius 3 is 2.24 bits per heavy atom. The highest BCUT2D eigenvalue weighted by Crippen LogP contribution is 2.41. The number of rotatable bonds is 4. The van der Waals surface area contributed by atoms with E-state index >= 15 is 0 Å². The van der Waals surface area contributed by atoms with Crippen molar-refractivity contribution in [3.63, 3.8) is 0 Å². The number of benzene rings is 3. The first-order valence-electron chi connectivity index (χ1n) is 12.5. The normalized spacial score (nSPS) is 12.9. The second-order valence-electron chi connectivity index (χ2n) is 10.0. The third-order valence-corrected chi connectivity index (χ3v) is 14.3. The molecule has 0 unspecified atom stereocenters. The van der Waals surface area contributed by atoms with Gasteiger partial charge in [-0.05, 0) is 42.5 Å². The fraction of sp³-hybridized carbons (Fsp3) is 0.300. The summed E-state index contributed by atoms with van der Waals surface area (Å²) in [6, 6.07) is 22.9. The molecule has 3 heterocycles. The van der Waals surface area contributed by atoms with E-state index in [2.05, 4.69) is 105 Å². The minimum Gasteiger partial charge on any atom is -0.303 e. The smallest absolute Gasteiger partial charge is 0.238 e. The second-order valence-corrected chi connectivity index (χ2v) is 15.3. The van der Waals surface area contributed by atoms with Crippen molar-refractivity contribution >= 4 is 62.3 Å². The van der Waals surface area contributed by atoms with Crippen molar-refractivity contribution in [3.8, 4) is 0 Å². The SMILES string of the molecule is CC[Si](CC)(CC)c1ccc2c3cc[n+](C)c4c5c(C)cc(C)c6cccc(c65)n(c2c1)c34. The van der Waals surface area contributed by atoms with Gasteiger partial charge in [-0.25, -0.2) is 0 Å². The van der Waals surface area contributed by atoms with Crippen LogP contribution in [0.15, 0.2) is 54.7 Å². The van der Waals surface area contributed by atoms with Gasteiger partial charge in [-0.15, -0.1) is 0 Å². The molecule has 0 aliphatic carbocycles. The molecule has 3 heteroatoms. The van der Waals surface area contributed by atoms with Gasteiger partial charge in [0.2, 0.25) is 5.52 Å². The molecular formula is C30H33N2Si+. The number of fused-ring (bicyclic) bond motifs is 5. The van der Waals surface area contributed by atoms with Gasteiger partial charge < -0.3 is 4.40 Å². The Kier molecular flexibility index (Phi) is 4.41. The van der Waals surface area contributed by atoms with Crippen LogP contribution < -0.4 is 9.75 Å². The highest BCUT2D eigenvalue weighted by atomic mass is 28.3. The lowest BCUT2D eigenvalue weighted by Gasteiger charge is -2.28. The topological polar surface area (TPSA) is 8.29 Å². The van der Waals surface area contributed by atoms with E-state index in [1.165, 1.54) is 78.3 Å². The predicted octanol–water partition coefficient (Wildman–Crippen LogP) is 7.15. The zero-order valence-electron chi connectivity index (χ0n) is 20.7.